The Morgan fingerprint density at radius 1 is 0.917 bits per heavy atom. The van der Waals surface area contributed by atoms with Crippen molar-refractivity contribution in [1.29, 1.82) is 0 Å². The van der Waals surface area contributed by atoms with Crippen LogP contribution < -0.4 is 4.74 Å². The van der Waals surface area contributed by atoms with E-state index < -0.39 is 11.2 Å². The molecule has 48 heavy (non-hydrogen) atoms. The minimum absolute atomic E-state index is 0.128. The second kappa shape index (κ2) is 14.2. The van der Waals surface area contributed by atoms with Crippen molar-refractivity contribution in [3.8, 4) is 17.0 Å². The van der Waals surface area contributed by atoms with Gasteiger partial charge in [-0.2, -0.15) is 0 Å². The van der Waals surface area contributed by atoms with Crippen LogP contribution >= 0.6 is 0 Å². The van der Waals surface area contributed by atoms with Crippen LogP contribution in [0.5, 0.6) is 5.75 Å². The third-order valence-corrected chi connectivity index (χ3v) is 9.28. The fraction of sp³-hybridized carbons (Fsp3) is 0.410. The molecule has 3 aromatic carbocycles. The Labute approximate surface area is 283 Å². The van der Waals surface area contributed by atoms with Gasteiger partial charge in [-0.1, -0.05) is 91.7 Å². The van der Waals surface area contributed by atoms with E-state index in [0.717, 1.165) is 30.4 Å². The molecule has 1 aromatic heterocycles. The van der Waals surface area contributed by atoms with Crippen LogP contribution in [0, 0.1) is 0 Å². The summed E-state index contributed by atoms with van der Waals surface area (Å²) in [6.07, 6.45) is 5.04. The molecule has 2 aliphatic rings. The van der Waals surface area contributed by atoms with Gasteiger partial charge in [0.2, 0.25) is 0 Å². The average molecular weight is 651 g/mol. The number of aromatic nitrogens is 2. The molecule has 0 radical (unpaired) electrons. The van der Waals surface area contributed by atoms with Gasteiger partial charge in [0, 0.05) is 25.2 Å². The molecule has 9 nitrogen and oxygen atoms in total. The Bertz CT molecular complexity index is 1670. The molecule has 0 spiro atoms. The minimum atomic E-state index is -1.16. The molecule has 1 N–H and O–H groups in total. The molecule has 2 amide bonds. The molecule has 6 rings (SSSR count). The van der Waals surface area contributed by atoms with E-state index in [1.54, 1.807) is 11.2 Å². The molecule has 0 bridgehead atoms. The molecule has 1 saturated heterocycles. The van der Waals surface area contributed by atoms with E-state index in [4.69, 9.17) is 14.5 Å². The number of rotatable bonds is 8. The summed E-state index contributed by atoms with van der Waals surface area (Å²) in [6, 6.07) is 28.7. The molecule has 1 aliphatic heterocycles. The first-order valence-electron chi connectivity index (χ1n) is 17.0. The largest absolute Gasteiger partial charge is 0.491 e. The highest BCUT2D eigenvalue weighted by Gasteiger charge is 2.43. The van der Waals surface area contributed by atoms with E-state index in [-0.39, 0.29) is 30.7 Å². The number of carbonyl (C=O) groups is 2. The van der Waals surface area contributed by atoms with Crippen LogP contribution in [0.25, 0.3) is 11.3 Å². The number of hydrogen-bond donors (Lipinski definition) is 1. The number of hydrogen-bond acceptors (Lipinski definition) is 6. The van der Waals surface area contributed by atoms with Gasteiger partial charge < -0.3 is 28.9 Å². The second-order valence-corrected chi connectivity index (χ2v) is 14.0. The number of ether oxygens (including phenoxy) is 2. The number of carbonyl (C=O) groups excluding carboxylic acids is 2. The van der Waals surface area contributed by atoms with Gasteiger partial charge >= 0.3 is 6.09 Å². The number of aliphatic hydroxyl groups is 1. The third-order valence-electron chi connectivity index (χ3n) is 9.28. The lowest BCUT2D eigenvalue weighted by molar-refractivity contribution is -0.0718. The summed E-state index contributed by atoms with van der Waals surface area (Å²) in [5.41, 5.74) is 1.16. The first-order valence-corrected chi connectivity index (χ1v) is 17.0. The second-order valence-electron chi connectivity index (χ2n) is 14.0. The van der Waals surface area contributed by atoms with E-state index in [1.165, 1.54) is 0 Å². The number of imidazole rings is 1. The molecule has 1 aliphatic carbocycles. The first kappa shape index (κ1) is 33.3. The van der Waals surface area contributed by atoms with Crippen molar-refractivity contribution in [1.82, 2.24) is 19.4 Å². The van der Waals surface area contributed by atoms with Gasteiger partial charge in [0.25, 0.3) is 5.91 Å². The van der Waals surface area contributed by atoms with Crippen LogP contribution in [0.1, 0.15) is 68.5 Å². The van der Waals surface area contributed by atoms with Gasteiger partial charge in [-0.15, -0.1) is 0 Å². The summed E-state index contributed by atoms with van der Waals surface area (Å²) < 4.78 is 13.8. The van der Waals surface area contributed by atoms with Gasteiger partial charge in [0.1, 0.15) is 23.6 Å². The van der Waals surface area contributed by atoms with Crippen molar-refractivity contribution in [2.45, 2.75) is 76.2 Å². The van der Waals surface area contributed by atoms with Gasteiger partial charge in [-0.05, 0) is 57.7 Å². The van der Waals surface area contributed by atoms with Crippen LogP contribution in [0.3, 0.4) is 0 Å². The molecular formula is C39H46N4O5. The number of nitrogens with zero attached hydrogens (tertiary/aromatic N) is 4. The topological polar surface area (TPSA) is 97.1 Å². The zero-order chi connectivity index (χ0) is 33.7. The number of amides is 2. The summed E-state index contributed by atoms with van der Waals surface area (Å²) in [6.45, 7) is 6.74. The number of para-hydroxylation sites is 1. The predicted molar refractivity (Wildman–Crippen MR) is 185 cm³/mol. The lowest BCUT2D eigenvalue weighted by Crippen LogP contribution is -2.58. The van der Waals surface area contributed by atoms with Crippen molar-refractivity contribution in [3.63, 3.8) is 0 Å². The van der Waals surface area contributed by atoms with Gasteiger partial charge in [0.05, 0.1) is 24.1 Å². The van der Waals surface area contributed by atoms with Crippen LogP contribution in [-0.2, 0) is 11.2 Å². The first-order chi connectivity index (χ1) is 23.1. The molecule has 2 fully saturated rings. The highest BCUT2D eigenvalue weighted by molar-refractivity contribution is 5.98. The molecular weight excluding hydrogens is 604 g/mol. The van der Waals surface area contributed by atoms with Gasteiger partial charge in [-0.3, -0.25) is 4.79 Å². The van der Waals surface area contributed by atoms with Crippen LogP contribution in [0.15, 0.2) is 97.3 Å². The molecule has 2 unspecified atom stereocenters. The van der Waals surface area contributed by atoms with E-state index in [0.29, 0.717) is 49.6 Å². The van der Waals surface area contributed by atoms with Crippen LogP contribution in [0.4, 0.5) is 4.79 Å². The van der Waals surface area contributed by atoms with Gasteiger partial charge in [-0.25, -0.2) is 9.78 Å². The van der Waals surface area contributed by atoms with Crippen LogP contribution in [-0.4, -0.2) is 79.9 Å². The number of piperazine rings is 1. The quantitative estimate of drug-likeness (QED) is 0.226. The third kappa shape index (κ3) is 7.57. The lowest BCUT2D eigenvalue weighted by atomic mass is 9.80. The van der Waals surface area contributed by atoms with Crippen molar-refractivity contribution < 1.29 is 24.2 Å². The van der Waals surface area contributed by atoms with Gasteiger partial charge in [0.15, 0.2) is 5.69 Å². The Balaban J connectivity index is 1.34. The fourth-order valence-corrected chi connectivity index (χ4v) is 6.94. The van der Waals surface area contributed by atoms with Crippen molar-refractivity contribution in [2.24, 2.45) is 0 Å². The summed E-state index contributed by atoms with van der Waals surface area (Å²) in [5, 5.41) is 12.2. The predicted octanol–water partition coefficient (Wildman–Crippen LogP) is 6.78. The highest BCUT2D eigenvalue weighted by atomic mass is 16.6. The molecule has 9 heteroatoms. The Hall–Kier alpha value is -4.63. The maximum Gasteiger partial charge on any atom is 0.410 e. The molecule has 3 atom stereocenters. The van der Waals surface area contributed by atoms with E-state index >= 15 is 0 Å². The van der Waals surface area contributed by atoms with Crippen molar-refractivity contribution in [2.75, 3.05) is 26.2 Å². The summed E-state index contributed by atoms with van der Waals surface area (Å²) in [4.78, 5) is 36.2. The lowest BCUT2D eigenvalue weighted by Gasteiger charge is -2.42. The van der Waals surface area contributed by atoms with Crippen LogP contribution in [0.2, 0.25) is 0 Å². The minimum Gasteiger partial charge on any atom is -0.491 e. The molecule has 2 heterocycles. The van der Waals surface area contributed by atoms with E-state index in [2.05, 4.69) is 0 Å². The van der Waals surface area contributed by atoms with E-state index in [1.807, 2.05) is 121 Å². The number of benzene rings is 3. The maximum atomic E-state index is 14.7. The SMILES string of the molecule is CC(C)(C)OC(=O)N1CCN(C(=O)c2ncn(C3CCCCC3(O)COc3ccccc3)c2-c2ccccc2)[C@H](Cc2ccccc2)C1. The maximum absolute atomic E-state index is 14.7. The smallest absolute Gasteiger partial charge is 0.410 e. The monoisotopic (exact) mass is 650 g/mol. The average Bonchev–Trinajstić information content (AvgIpc) is 3.53. The standard InChI is InChI=1S/C39H46N4O5/c1-38(2,3)48-37(45)41-23-24-42(31(26-41)25-29-15-7-4-8-16-29)36(44)34-35(30-17-9-5-10-18-30)43(28-40-34)33-21-13-14-22-39(33,46)27-47-32-19-11-6-12-20-32/h4-12,15-20,28,31,33,46H,13-14,21-27H2,1-3H3/t31-,33?,39?/m1/s1. The molecule has 4 aromatic rings. The molecule has 1 saturated carbocycles. The molecule has 252 valence electrons. The summed E-state index contributed by atoms with van der Waals surface area (Å²) >= 11 is 0. The fourth-order valence-electron chi connectivity index (χ4n) is 6.94. The zero-order valence-electron chi connectivity index (χ0n) is 28.1. The highest BCUT2D eigenvalue weighted by Crippen LogP contribution is 2.41. The summed E-state index contributed by atoms with van der Waals surface area (Å²) in [7, 11) is 0. The van der Waals surface area contributed by atoms with Crippen molar-refractivity contribution in [3.05, 3.63) is 109 Å². The Morgan fingerprint density at radius 3 is 2.27 bits per heavy atom. The Morgan fingerprint density at radius 2 is 1.58 bits per heavy atom. The normalized spacial score (nSPS) is 21.5. The summed E-state index contributed by atoms with van der Waals surface area (Å²) in [5.74, 6) is 0.507. The van der Waals surface area contributed by atoms with Crippen molar-refractivity contribution >= 4 is 12.0 Å². The van der Waals surface area contributed by atoms with E-state index in [9.17, 15) is 14.7 Å². The Kier molecular flexibility index (Phi) is 9.87. The zero-order valence-corrected chi connectivity index (χ0v) is 28.1.